The number of carboxylic acids is 1. The normalized spacial score (nSPS) is 12.6. The summed E-state index contributed by atoms with van der Waals surface area (Å²) in [6.45, 7) is 4.48. The molecule has 38 heavy (non-hydrogen) atoms. The molecular weight excluding hydrogens is 502 g/mol. The van der Waals surface area contributed by atoms with Gasteiger partial charge in [0.25, 0.3) is 5.91 Å². The predicted molar refractivity (Wildman–Crippen MR) is 133 cm³/mol. The topological polar surface area (TPSA) is 140 Å². The summed E-state index contributed by atoms with van der Waals surface area (Å²) in [7, 11) is 0. The van der Waals surface area contributed by atoms with Crippen LogP contribution in [0.25, 0.3) is 11.4 Å². The van der Waals surface area contributed by atoms with E-state index in [1.165, 1.54) is 12.1 Å². The summed E-state index contributed by atoms with van der Waals surface area (Å²) < 4.78 is 15.4. The summed E-state index contributed by atoms with van der Waals surface area (Å²) in [5.74, 6) is -1.81. The number of pyridine rings is 1. The van der Waals surface area contributed by atoms with Crippen LogP contribution in [0.4, 0.5) is 4.39 Å². The second-order valence-electron chi connectivity index (χ2n) is 9.26. The third kappa shape index (κ3) is 8.99. The summed E-state index contributed by atoms with van der Waals surface area (Å²) >= 11 is 0. The molecule has 1 aromatic carbocycles. The Hall–Kier alpha value is -2.63. The molecule has 0 radical (unpaired) electrons. The number of amides is 1. The van der Waals surface area contributed by atoms with Gasteiger partial charge in [-0.2, -0.15) is 0 Å². The Morgan fingerprint density at radius 3 is 2.45 bits per heavy atom. The molecule has 0 fully saturated rings. The number of rotatable bonds is 13. The number of imidazole rings is 1. The van der Waals surface area contributed by atoms with Crippen LogP contribution < -0.4 is 40.0 Å². The maximum absolute atomic E-state index is 13.6. The van der Waals surface area contributed by atoms with Crippen molar-refractivity contribution in [1.82, 2.24) is 19.9 Å². The van der Waals surface area contributed by atoms with Crippen LogP contribution in [0, 0.1) is 5.82 Å². The van der Waals surface area contributed by atoms with Gasteiger partial charge in [0.1, 0.15) is 17.3 Å². The first-order chi connectivity index (χ1) is 17.7. The first-order valence-electron chi connectivity index (χ1n) is 12.2. The minimum Gasteiger partial charge on any atom is -0.550 e. The van der Waals surface area contributed by atoms with Gasteiger partial charge in [0.05, 0.1) is 17.9 Å². The minimum atomic E-state index is -1.39. The van der Waals surface area contributed by atoms with E-state index in [-0.39, 0.29) is 66.5 Å². The summed E-state index contributed by atoms with van der Waals surface area (Å²) in [4.78, 5) is 32.6. The van der Waals surface area contributed by atoms with E-state index in [2.05, 4.69) is 15.3 Å². The SMILES string of the molecule is CC(C)c1c(C(=O)NCCc2cccnc2)nc(-c2ccc(F)cc2)n1CC[C@@H](O)C[C@@H](O)CC(=O)[O-].[Na+]. The van der Waals surface area contributed by atoms with Crippen molar-refractivity contribution in [3.05, 3.63) is 71.6 Å². The number of carbonyl (C=O) groups excluding carboxylic acids is 2. The summed E-state index contributed by atoms with van der Waals surface area (Å²) in [6.07, 6.45) is 1.28. The first-order valence-corrected chi connectivity index (χ1v) is 12.2. The molecular formula is C27H32FN4NaO5. The van der Waals surface area contributed by atoms with Crippen LogP contribution in [-0.2, 0) is 17.8 Å². The summed E-state index contributed by atoms with van der Waals surface area (Å²) in [6, 6.07) is 9.51. The second kappa shape index (κ2) is 15.1. The van der Waals surface area contributed by atoms with Crippen molar-refractivity contribution in [2.75, 3.05) is 6.54 Å². The van der Waals surface area contributed by atoms with Gasteiger partial charge in [-0.15, -0.1) is 0 Å². The molecule has 0 unspecified atom stereocenters. The zero-order chi connectivity index (χ0) is 26.9. The molecule has 0 aliphatic rings. The number of halogens is 1. The number of aliphatic hydroxyl groups is 2. The number of carbonyl (C=O) groups is 2. The zero-order valence-corrected chi connectivity index (χ0v) is 23.9. The van der Waals surface area contributed by atoms with E-state index in [0.29, 0.717) is 30.0 Å². The summed E-state index contributed by atoms with van der Waals surface area (Å²) in [5, 5.41) is 33.9. The Bertz CT molecular complexity index is 1190. The molecule has 2 atom stereocenters. The van der Waals surface area contributed by atoms with E-state index in [1.54, 1.807) is 24.5 Å². The van der Waals surface area contributed by atoms with Crippen LogP contribution in [0.5, 0.6) is 0 Å². The molecule has 2 aromatic heterocycles. The van der Waals surface area contributed by atoms with Crippen molar-refractivity contribution in [1.29, 1.82) is 0 Å². The Balaban J connectivity index is 0.00000507. The number of nitrogens with one attached hydrogen (secondary N) is 1. The molecule has 0 aliphatic carbocycles. The van der Waals surface area contributed by atoms with Gasteiger partial charge in [-0.25, -0.2) is 9.37 Å². The molecule has 1 amide bonds. The van der Waals surface area contributed by atoms with Gasteiger partial charge >= 0.3 is 29.6 Å². The first kappa shape index (κ1) is 31.6. The fraction of sp³-hybridized carbons (Fsp3) is 0.407. The molecule has 0 aliphatic heterocycles. The van der Waals surface area contributed by atoms with E-state index >= 15 is 0 Å². The van der Waals surface area contributed by atoms with E-state index in [4.69, 9.17) is 0 Å². The molecule has 3 rings (SSSR count). The predicted octanol–water partition coefficient (Wildman–Crippen LogP) is -1.17. The smallest absolute Gasteiger partial charge is 0.550 e. The van der Waals surface area contributed by atoms with E-state index in [9.17, 15) is 29.3 Å². The number of nitrogens with zero attached hydrogens (tertiary/aromatic N) is 3. The molecule has 0 spiro atoms. The molecule has 3 N–H and O–H groups in total. The van der Waals surface area contributed by atoms with Crippen molar-refractivity contribution < 1.29 is 58.9 Å². The van der Waals surface area contributed by atoms with Crippen LogP contribution in [0.2, 0.25) is 0 Å². The van der Waals surface area contributed by atoms with Crippen molar-refractivity contribution >= 4 is 11.9 Å². The molecule has 3 aromatic rings. The number of aliphatic hydroxyl groups excluding tert-OH is 2. The molecule has 0 bridgehead atoms. The molecule has 11 heteroatoms. The fourth-order valence-electron chi connectivity index (χ4n) is 4.20. The molecule has 198 valence electrons. The largest absolute Gasteiger partial charge is 1.00 e. The van der Waals surface area contributed by atoms with Crippen LogP contribution in [0.15, 0.2) is 48.8 Å². The number of aromatic nitrogens is 3. The van der Waals surface area contributed by atoms with Gasteiger partial charge in [0, 0.05) is 43.4 Å². The maximum atomic E-state index is 13.6. The van der Waals surface area contributed by atoms with Crippen LogP contribution in [-0.4, -0.2) is 55.4 Å². The van der Waals surface area contributed by atoms with Crippen molar-refractivity contribution in [2.24, 2.45) is 0 Å². The van der Waals surface area contributed by atoms with Gasteiger partial charge in [-0.05, 0) is 61.1 Å². The van der Waals surface area contributed by atoms with Crippen molar-refractivity contribution in [3.63, 3.8) is 0 Å². The summed E-state index contributed by atoms with van der Waals surface area (Å²) in [5.41, 5.74) is 2.48. The van der Waals surface area contributed by atoms with Gasteiger partial charge in [0.2, 0.25) is 0 Å². The standard InChI is InChI=1S/C27H33FN4O5.Na/c1-17(2)25-24(27(37)30-12-9-18-4-3-11-29-16-18)31-26(19-5-7-20(28)8-6-19)32(25)13-10-21(33)14-22(34)15-23(35)36;/h3-8,11,16-17,21-22,33-34H,9-10,12-15H2,1-2H3,(H,30,37)(H,35,36);/q;+1/p-1/t21-,22-;/m1./s1. The third-order valence-electron chi connectivity index (χ3n) is 5.93. The van der Waals surface area contributed by atoms with Gasteiger partial charge in [-0.3, -0.25) is 9.78 Å². The van der Waals surface area contributed by atoms with Crippen LogP contribution in [0.1, 0.15) is 60.8 Å². The Kier molecular flexibility index (Phi) is 12.5. The van der Waals surface area contributed by atoms with Gasteiger partial charge in [0.15, 0.2) is 0 Å². The average molecular weight is 535 g/mol. The molecule has 0 saturated carbocycles. The molecule has 2 heterocycles. The van der Waals surface area contributed by atoms with E-state index < -0.39 is 30.4 Å². The van der Waals surface area contributed by atoms with Crippen LogP contribution >= 0.6 is 0 Å². The van der Waals surface area contributed by atoms with E-state index in [0.717, 1.165) is 5.56 Å². The molecule has 0 saturated heterocycles. The Morgan fingerprint density at radius 1 is 1.13 bits per heavy atom. The average Bonchev–Trinajstić information content (AvgIpc) is 3.23. The van der Waals surface area contributed by atoms with Gasteiger partial charge in [-0.1, -0.05) is 19.9 Å². The number of benzene rings is 1. The van der Waals surface area contributed by atoms with E-state index in [1.807, 2.05) is 30.5 Å². The zero-order valence-electron chi connectivity index (χ0n) is 21.9. The van der Waals surface area contributed by atoms with Crippen molar-refractivity contribution in [3.8, 4) is 11.4 Å². The fourth-order valence-corrected chi connectivity index (χ4v) is 4.20. The Labute approximate surface area is 243 Å². The quantitative estimate of drug-likeness (QED) is 0.235. The molecule has 9 nitrogen and oxygen atoms in total. The van der Waals surface area contributed by atoms with Gasteiger partial charge < -0.3 is 30.0 Å². The minimum absolute atomic E-state index is 0. The van der Waals surface area contributed by atoms with Crippen LogP contribution in [0.3, 0.4) is 0 Å². The number of hydrogen-bond donors (Lipinski definition) is 3. The Morgan fingerprint density at radius 2 is 1.84 bits per heavy atom. The maximum Gasteiger partial charge on any atom is 1.00 e. The monoisotopic (exact) mass is 534 g/mol. The van der Waals surface area contributed by atoms with Crippen molar-refractivity contribution in [2.45, 2.75) is 64.2 Å². The second-order valence-corrected chi connectivity index (χ2v) is 9.26. The number of hydrogen-bond acceptors (Lipinski definition) is 7. The number of carboxylic acid groups (broad SMARTS) is 1. The third-order valence-corrected chi connectivity index (χ3v) is 5.93. The number of aliphatic carboxylic acids is 1.